The molecule has 0 saturated heterocycles. The Balaban J connectivity index is 2.88. The summed E-state index contributed by atoms with van der Waals surface area (Å²) in [6, 6.07) is 1.50. The predicted octanol–water partition coefficient (Wildman–Crippen LogP) is 1.34. The molecule has 2 heterocycles. The summed E-state index contributed by atoms with van der Waals surface area (Å²) in [4.78, 5) is 15.1. The molecule has 72 valence electrons. The van der Waals surface area contributed by atoms with Gasteiger partial charge in [-0.2, -0.15) is 5.10 Å². The lowest BCUT2D eigenvalue weighted by Gasteiger charge is -2.00. The first-order valence-corrected chi connectivity index (χ1v) is 4.91. The molecule has 0 aliphatic rings. The van der Waals surface area contributed by atoms with Gasteiger partial charge in [-0.3, -0.25) is 0 Å². The molecule has 0 unspecified atom stereocenters. The van der Waals surface area contributed by atoms with Crippen LogP contribution in [0.2, 0.25) is 0 Å². The monoisotopic (exact) mass is 303 g/mol. The summed E-state index contributed by atoms with van der Waals surface area (Å²) in [5, 5.41) is 12.9. The fraction of sp³-hybridized carbons (Fsp3) is 0.125. The average Bonchev–Trinajstić information content (AvgIpc) is 2.47. The molecule has 0 spiro atoms. The lowest BCUT2D eigenvalue weighted by Crippen LogP contribution is -2.08. The van der Waals surface area contributed by atoms with Gasteiger partial charge >= 0.3 is 5.97 Å². The molecule has 0 amide bonds. The van der Waals surface area contributed by atoms with E-state index in [2.05, 4.69) is 32.7 Å². The Morgan fingerprint density at radius 1 is 1.64 bits per heavy atom. The number of carbonyl (C=O) groups is 1. The zero-order chi connectivity index (χ0) is 10.3. The Hall–Kier alpha value is -1.18. The first-order chi connectivity index (χ1) is 6.59. The van der Waals surface area contributed by atoms with E-state index < -0.39 is 5.97 Å². The van der Waals surface area contributed by atoms with Crippen molar-refractivity contribution in [2.45, 2.75) is 6.92 Å². The van der Waals surface area contributed by atoms with Crippen molar-refractivity contribution in [2.24, 2.45) is 0 Å². The highest BCUT2D eigenvalue weighted by atomic mass is 127. The average molecular weight is 303 g/mol. The fourth-order valence-corrected chi connectivity index (χ4v) is 1.68. The molecular formula is C8H6IN3O2. The highest BCUT2D eigenvalue weighted by Gasteiger charge is 2.13. The number of hydrogen-bond donors (Lipinski definition) is 1. The minimum atomic E-state index is -1.000. The summed E-state index contributed by atoms with van der Waals surface area (Å²) < 4.78 is 2.17. The molecule has 0 fully saturated rings. The molecule has 6 heteroatoms. The molecule has 0 atom stereocenters. The Labute approximate surface area is 92.9 Å². The van der Waals surface area contributed by atoms with Gasteiger partial charge in [0.05, 0.1) is 9.77 Å². The van der Waals surface area contributed by atoms with Gasteiger partial charge in [0.1, 0.15) is 0 Å². The maximum atomic E-state index is 10.9. The molecule has 5 nitrogen and oxygen atoms in total. The standard InChI is InChI=1S/C8H6IN3O2/c1-4-2-6(8(13)14)12-7(11-4)5(9)3-10-12/h2-3H,1H3,(H,13,14). The van der Waals surface area contributed by atoms with E-state index in [1.54, 1.807) is 13.1 Å². The summed E-state index contributed by atoms with van der Waals surface area (Å²) >= 11 is 2.07. The van der Waals surface area contributed by atoms with Crippen LogP contribution >= 0.6 is 22.6 Å². The van der Waals surface area contributed by atoms with E-state index in [0.717, 1.165) is 3.57 Å². The van der Waals surface area contributed by atoms with Gasteiger partial charge in [-0.1, -0.05) is 0 Å². The zero-order valence-electron chi connectivity index (χ0n) is 7.23. The summed E-state index contributed by atoms with van der Waals surface area (Å²) in [6.07, 6.45) is 1.59. The van der Waals surface area contributed by atoms with Crippen molar-refractivity contribution < 1.29 is 9.90 Å². The van der Waals surface area contributed by atoms with E-state index in [1.807, 2.05) is 0 Å². The predicted molar refractivity (Wildman–Crippen MR) is 57.4 cm³/mol. The van der Waals surface area contributed by atoms with Crippen LogP contribution in [0.15, 0.2) is 12.3 Å². The Kier molecular flexibility index (Phi) is 2.14. The SMILES string of the molecule is Cc1cc(C(=O)O)n2ncc(I)c2n1. The van der Waals surface area contributed by atoms with Crippen molar-refractivity contribution in [1.29, 1.82) is 0 Å². The summed E-state index contributed by atoms with van der Waals surface area (Å²) in [7, 11) is 0. The van der Waals surface area contributed by atoms with Gasteiger partial charge in [-0.25, -0.2) is 14.3 Å². The maximum absolute atomic E-state index is 10.9. The van der Waals surface area contributed by atoms with E-state index >= 15 is 0 Å². The molecule has 14 heavy (non-hydrogen) atoms. The van der Waals surface area contributed by atoms with Gasteiger partial charge in [0.2, 0.25) is 0 Å². The van der Waals surface area contributed by atoms with Crippen molar-refractivity contribution >= 4 is 34.2 Å². The Morgan fingerprint density at radius 2 is 2.36 bits per heavy atom. The van der Waals surface area contributed by atoms with Gasteiger partial charge in [0, 0.05) is 5.69 Å². The van der Waals surface area contributed by atoms with Crippen molar-refractivity contribution in [3.05, 3.63) is 27.2 Å². The van der Waals surface area contributed by atoms with E-state index in [9.17, 15) is 4.79 Å². The molecule has 0 aromatic carbocycles. The van der Waals surface area contributed by atoms with E-state index in [4.69, 9.17) is 5.11 Å². The van der Waals surface area contributed by atoms with E-state index in [1.165, 1.54) is 10.6 Å². The van der Waals surface area contributed by atoms with Crippen molar-refractivity contribution in [3.8, 4) is 0 Å². The molecule has 1 N–H and O–H groups in total. The van der Waals surface area contributed by atoms with Crippen molar-refractivity contribution in [3.63, 3.8) is 0 Å². The van der Waals surface area contributed by atoms with Crippen LogP contribution in [0, 0.1) is 10.5 Å². The first kappa shape index (κ1) is 9.38. The summed E-state index contributed by atoms with van der Waals surface area (Å²) in [5.41, 5.74) is 1.40. The van der Waals surface area contributed by atoms with Gasteiger partial charge < -0.3 is 5.11 Å². The van der Waals surface area contributed by atoms with Crippen molar-refractivity contribution in [2.75, 3.05) is 0 Å². The largest absolute Gasteiger partial charge is 0.477 e. The molecule has 0 aliphatic carbocycles. The molecule has 0 aliphatic heterocycles. The zero-order valence-corrected chi connectivity index (χ0v) is 9.39. The normalized spacial score (nSPS) is 10.7. The lowest BCUT2D eigenvalue weighted by molar-refractivity contribution is 0.0687. The second-order valence-corrected chi connectivity index (χ2v) is 3.98. The third kappa shape index (κ3) is 1.35. The molecular weight excluding hydrogens is 297 g/mol. The highest BCUT2D eigenvalue weighted by molar-refractivity contribution is 14.1. The smallest absolute Gasteiger partial charge is 0.354 e. The van der Waals surface area contributed by atoms with Gasteiger partial charge in [-0.15, -0.1) is 0 Å². The number of hydrogen-bond acceptors (Lipinski definition) is 3. The second kappa shape index (κ2) is 3.19. The number of carboxylic acids is 1. The second-order valence-electron chi connectivity index (χ2n) is 2.82. The van der Waals surface area contributed by atoms with Crippen LogP contribution in [0.1, 0.15) is 16.2 Å². The third-order valence-electron chi connectivity index (χ3n) is 1.78. The number of fused-ring (bicyclic) bond motifs is 1. The van der Waals surface area contributed by atoms with Crippen LogP contribution in [0.25, 0.3) is 5.65 Å². The highest BCUT2D eigenvalue weighted by Crippen LogP contribution is 2.13. The maximum Gasteiger partial charge on any atom is 0.354 e. The number of aryl methyl sites for hydroxylation is 1. The Morgan fingerprint density at radius 3 is 3.00 bits per heavy atom. The van der Waals surface area contributed by atoms with E-state index in [0.29, 0.717) is 11.3 Å². The Bertz CT molecular complexity index is 521. The minimum Gasteiger partial charge on any atom is -0.477 e. The van der Waals surface area contributed by atoms with Crippen LogP contribution < -0.4 is 0 Å². The third-order valence-corrected chi connectivity index (χ3v) is 2.54. The van der Waals surface area contributed by atoms with Crippen LogP contribution in [-0.2, 0) is 0 Å². The quantitative estimate of drug-likeness (QED) is 0.807. The summed E-state index contributed by atoms with van der Waals surface area (Å²) in [5.74, 6) is -1.000. The fourth-order valence-electron chi connectivity index (χ4n) is 1.21. The van der Waals surface area contributed by atoms with Gasteiger partial charge in [0.15, 0.2) is 11.3 Å². The minimum absolute atomic E-state index is 0.135. The number of carboxylic acid groups (broad SMARTS) is 1. The topological polar surface area (TPSA) is 67.5 Å². The number of aromatic carboxylic acids is 1. The van der Waals surface area contributed by atoms with Gasteiger partial charge in [-0.05, 0) is 35.6 Å². The van der Waals surface area contributed by atoms with Crippen LogP contribution in [0.5, 0.6) is 0 Å². The molecule has 0 bridgehead atoms. The van der Waals surface area contributed by atoms with Crippen LogP contribution in [-0.4, -0.2) is 25.7 Å². The van der Waals surface area contributed by atoms with E-state index in [-0.39, 0.29) is 5.69 Å². The molecule has 2 aromatic rings. The van der Waals surface area contributed by atoms with Gasteiger partial charge in [0.25, 0.3) is 0 Å². The number of nitrogens with zero attached hydrogens (tertiary/aromatic N) is 3. The molecule has 0 radical (unpaired) electrons. The number of halogens is 1. The molecule has 2 aromatic heterocycles. The first-order valence-electron chi connectivity index (χ1n) is 3.84. The van der Waals surface area contributed by atoms with Crippen LogP contribution in [0.4, 0.5) is 0 Å². The lowest BCUT2D eigenvalue weighted by atomic mass is 10.3. The van der Waals surface area contributed by atoms with Crippen LogP contribution in [0.3, 0.4) is 0 Å². The number of aromatic nitrogens is 3. The molecule has 0 saturated carbocycles. The summed E-state index contributed by atoms with van der Waals surface area (Å²) in [6.45, 7) is 1.76. The number of rotatable bonds is 1. The van der Waals surface area contributed by atoms with Crippen molar-refractivity contribution in [1.82, 2.24) is 14.6 Å². The molecule has 2 rings (SSSR count).